The fourth-order valence-corrected chi connectivity index (χ4v) is 1.70. The summed E-state index contributed by atoms with van der Waals surface area (Å²) in [5.41, 5.74) is -0.246. The Morgan fingerprint density at radius 3 is 2.67 bits per heavy atom. The Balaban J connectivity index is 3.06. The van der Waals surface area contributed by atoms with Crippen LogP contribution in [0.1, 0.15) is 25.1 Å². The standard InChI is InChI=1S/C8H10BrF3N2O/c1-2-3-14-6(5(9)4-13-14)7(15)8(10,11)12/h4,7,15H,2-3H2,1H3. The Bertz CT molecular complexity index is 337. The molecular formula is C8H10BrF3N2O. The second kappa shape index (κ2) is 4.52. The summed E-state index contributed by atoms with van der Waals surface area (Å²) < 4.78 is 38.2. The van der Waals surface area contributed by atoms with Gasteiger partial charge in [-0.25, -0.2) is 0 Å². The summed E-state index contributed by atoms with van der Waals surface area (Å²) >= 11 is 2.94. The average molecular weight is 287 g/mol. The molecule has 0 aliphatic heterocycles. The highest BCUT2D eigenvalue weighted by atomic mass is 79.9. The number of hydrogen-bond acceptors (Lipinski definition) is 2. The van der Waals surface area contributed by atoms with E-state index < -0.39 is 12.3 Å². The molecule has 0 bridgehead atoms. The first-order chi connectivity index (χ1) is 6.88. The molecule has 1 aromatic rings. The van der Waals surface area contributed by atoms with Crippen LogP contribution in [0.25, 0.3) is 0 Å². The van der Waals surface area contributed by atoms with Gasteiger partial charge < -0.3 is 5.11 Å². The predicted molar refractivity (Wildman–Crippen MR) is 51.2 cm³/mol. The molecule has 0 aliphatic carbocycles. The molecule has 0 fully saturated rings. The van der Waals surface area contributed by atoms with Crippen molar-refractivity contribution in [1.82, 2.24) is 9.78 Å². The van der Waals surface area contributed by atoms with E-state index in [2.05, 4.69) is 21.0 Å². The fraction of sp³-hybridized carbons (Fsp3) is 0.625. The van der Waals surface area contributed by atoms with Crippen molar-refractivity contribution in [1.29, 1.82) is 0 Å². The molecule has 15 heavy (non-hydrogen) atoms. The number of aliphatic hydroxyl groups excluding tert-OH is 1. The van der Waals surface area contributed by atoms with E-state index in [1.54, 1.807) is 0 Å². The highest BCUT2D eigenvalue weighted by Crippen LogP contribution is 2.35. The molecule has 0 saturated heterocycles. The Morgan fingerprint density at radius 1 is 1.60 bits per heavy atom. The van der Waals surface area contributed by atoms with Crippen molar-refractivity contribution in [2.24, 2.45) is 0 Å². The maximum atomic E-state index is 12.3. The SMILES string of the molecule is CCCn1ncc(Br)c1C(O)C(F)(F)F. The lowest BCUT2D eigenvalue weighted by Crippen LogP contribution is -2.23. The largest absolute Gasteiger partial charge is 0.420 e. The van der Waals surface area contributed by atoms with Crippen LogP contribution in [0.3, 0.4) is 0 Å². The number of halogens is 4. The van der Waals surface area contributed by atoms with Crippen LogP contribution < -0.4 is 0 Å². The molecule has 0 aliphatic rings. The van der Waals surface area contributed by atoms with Gasteiger partial charge >= 0.3 is 6.18 Å². The Kier molecular flexibility index (Phi) is 3.77. The maximum absolute atomic E-state index is 12.3. The van der Waals surface area contributed by atoms with Crippen molar-refractivity contribution in [2.45, 2.75) is 32.2 Å². The minimum atomic E-state index is -4.67. The van der Waals surface area contributed by atoms with Crippen molar-refractivity contribution in [3.05, 3.63) is 16.4 Å². The Labute approximate surface area is 93.0 Å². The van der Waals surface area contributed by atoms with Gasteiger partial charge in [-0.3, -0.25) is 4.68 Å². The van der Waals surface area contributed by atoms with Crippen LogP contribution in [0.5, 0.6) is 0 Å². The summed E-state index contributed by atoms with van der Waals surface area (Å²) in [6.07, 6.45) is -5.28. The van der Waals surface area contributed by atoms with Crippen molar-refractivity contribution >= 4 is 15.9 Å². The lowest BCUT2D eigenvalue weighted by molar-refractivity contribution is -0.209. The zero-order chi connectivity index (χ0) is 11.6. The van der Waals surface area contributed by atoms with Crippen LogP contribution in [0.4, 0.5) is 13.2 Å². The van der Waals surface area contributed by atoms with E-state index in [1.165, 1.54) is 6.20 Å². The summed E-state index contributed by atoms with van der Waals surface area (Å²) in [6.45, 7) is 2.16. The van der Waals surface area contributed by atoms with E-state index >= 15 is 0 Å². The van der Waals surface area contributed by atoms with Crippen LogP contribution in [0.15, 0.2) is 10.7 Å². The van der Waals surface area contributed by atoms with Gasteiger partial charge in [0.2, 0.25) is 0 Å². The molecule has 1 aromatic heterocycles. The maximum Gasteiger partial charge on any atom is 0.420 e. The zero-order valence-corrected chi connectivity index (χ0v) is 9.51. The van der Waals surface area contributed by atoms with Gasteiger partial charge in [-0.05, 0) is 22.4 Å². The number of alkyl halides is 3. The van der Waals surface area contributed by atoms with Crippen molar-refractivity contribution in [3.8, 4) is 0 Å². The van der Waals surface area contributed by atoms with Gasteiger partial charge in [-0.1, -0.05) is 6.92 Å². The molecule has 1 rings (SSSR count). The first-order valence-electron chi connectivity index (χ1n) is 4.34. The molecule has 7 heteroatoms. The third kappa shape index (κ3) is 2.72. The van der Waals surface area contributed by atoms with Gasteiger partial charge in [0, 0.05) is 6.54 Å². The second-order valence-corrected chi connectivity index (χ2v) is 3.90. The molecule has 86 valence electrons. The van der Waals surface area contributed by atoms with Crippen LogP contribution in [0.2, 0.25) is 0 Å². The van der Waals surface area contributed by atoms with Gasteiger partial charge in [0.1, 0.15) is 0 Å². The van der Waals surface area contributed by atoms with Crippen molar-refractivity contribution in [2.75, 3.05) is 0 Å². The Hall–Kier alpha value is -0.560. The van der Waals surface area contributed by atoms with Gasteiger partial charge in [0.05, 0.1) is 16.4 Å². The van der Waals surface area contributed by atoms with Gasteiger partial charge in [0.15, 0.2) is 6.10 Å². The lowest BCUT2D eigenvalue weighted by Gasteiger charge is -2.16. The van der Waals surface area contributed by atoms with Gasteiger partial charge in [-0.2, -0.15) is 18.3 Å². The lowest BCUT2D eigenvalue weighted by atomic mass is 10.2. The Morgan fingerprint density at radius 2 is 2.20 bits per heavy atom. The van der Waals surface area contributed by atoms with E-state index in [1.807, 2.05) is 6.92 Å². The molecule has 3 nitrogen and oxygen atoms in total. The minimum Gasteiger partial charge on any atom is -0.378 e. The molecule has 0 radical (unpaired) electrons. The highest BCUT2D eigenvalue weighted by molar-refractivity contribution is 9.10. The number of nitrogens with zero attached hydrogens (tertiary/aromatic N) is 2. The molecule has 1 unspecified atom stereocenters. The summed E-state index contributed by atoms with van der Waals surface area (Å²) in [5.74, 6) is 0. The molecule has 1 N–H and O–H groups in total. The van der Waals surface area contributed by atoms with E-state index in [4.69, 9.17) is 5.11 Å². The topological polar surface area (TPSA) is 38.0 Å². The fourth-order valence-electron chi connectivity index (χ4n) is 1.19. The first-order valence-corrected chi connectivity index (χ1v) is 5.13. The number of aliphatic hydroxyl groups is 1. The monoisotopic (exact) mass is 286 g/mol. The van der Waals surface area contributed by atoms with E-state index in [-0.39, 0.29) is 10.2 Å². The molecule has 1 atom stereocenters. The van der Waals surface area contributed by atoms with Crippen molar-refractivity contribution in [3.63, 3.8) is 0 Å². The van der Waals surface area contributed by atoms with E-state index in [0.717, 1.165) is 4.68 Å². The van der Waals surface area contributed by atoms with Crippen LogP contribution >= 0.6 is 15.9 Å². The average Bonchev–Trinajstić information content (AvgIpc) is 2.45. The third-order valence-corrected chi connectivity index (χ3v) is 2.45. The molecule has 0 saturated carbocycles. The van der Waals surface area contributed by atoms with Crippen LogP contribution in [0, 0.1) is 0 Å². The normalized spacial score (nSPS) is 14.3. The smallest absolute Gasteiger partial charge is 0.378 e. The van der Waals surface area contributed by atoms with E-state index in [9.17, 15) is 13.2 Å². The highest BCUT2D eigenvalue weighted by Gasteiger charge is 2.42. The zero-order valence-electron chi connectivity index (χ0n) is 7.92. The van der Waals surface area contributed by atoms with Crippen LogP contribution in [-0.2, 0) is 6.54 Å². The number of hydrogen-bond donors (Lipinski definition) is 1. The first kappa shape index (κ1) is 12.5. The minimum absolute atomic E-state index is 0.167. The predicted octanol–water partition coefficient (Wildman–Crippen LogP) is 2.65. The molecular weight excluding hydrogens is 277 g/mol. The summed E-state index contributed by atoms with van der Waals surface area (Å²) in [4.78, 5) is 0. The van der Waals surface area contributed by atoms with Gasteiger partial charge in [-0.15, -0.1) is 0 Å². The molecule has 0 amide bonds. The van der Waals surface area contributed by atoms with Crippen molar-refractivity contribution < 1.29 is 18.3 Å². The van der Waals surface area contributed by atoms with Gasteiger partial charge in [0.25, 0.3) is 0 Å². The second-order valence-electron chi connectivity index (χ2n) is 3.05. The number of aromatic nitrogens is 2. The summed E-state index contributed by atoms with van der Waals surface area (Å²) in [5, 5.41) is 12.9. The summed E-state index contributed by atoms with van der Waals surface area (Å²) in [6, 6.07) is 0. The molecule has 0 spiro atoms. The summed E-state index contributed by atoms with van der Waals surface area (Å²) in [7, 11) is 0. The van der Waals surface area contributed by atoms with E-state index in [0.29, 0.717) is 13.0 Å². The molecule has 1 heterocycles. The van der Waals surface area contributed by atoms with Crippen LogP contribution in [-0.4, -0.2) is 21.1 Å². The third-order valence-electron chi connectivity index (χ3n) is 1.84. The molecule has 0 aromatic carbocycles. The number of aryl methyl sites for hydroxylation is 1. The quantitative estimate of drug-likeness (QED) is 0.928. The number of rotatable bonds is 3.